The molecule has 0 spiro atoms. The molecule has 0 heterocycles. The van der Waals surface area contributed by atoms with Gasteiger partial charge in [0.05, 0.1) is 18.2 Å². The van der Waals surface area contributed by atoms with Gasteiger partial charge in [-0.2, -0.15) is 0 Å². The van der Waals surface area contributed by atoms with Crippen molar-refractivity contribution in [1.29, 1.82) is 0 Å². The molecule has 0 aliphatic carbocycles. The van der Waals surface area contributed by atoms with E-state index in [2.05, 4.69) is 19.2 Å². The van der Waals surface area contributed by atoms with E-state index in [0.29, 0.717) is 24.0 Å². The lowest BCUT2D eigenvalue weighted by molar-refractivity contribution is 0.299. The van der Waals surface area contributed by atoms with Gasteiger partial charge >= 0.3 is 0 Å². The van der Waals surface area contributed by atoms with Gasteiger partial charge in [-0.25, -0.2) is 0 Å². The van der Waals surface area contributed by atoms with E-state index in [9.17, 15) is 0 Å². The van der Waals surface area contributed by atoms with Crippen LogP contribution in [0.4, 0.5) is 0 Å². The number of hydrogen-bond acceptors (Lipinski definition) is 3. The molecule has 1 N–H and O–H groups in total. The molecule has 0 aromatic heterocycles. The van der Waals surface area contributed by atoms with E-state index in [-0.39, 0.29) is 0 Å². The van der Waals surface area contributed by atoms with Crippen molar-refractivity contribution in [2.45, 2.75) is 33.2 Å². The summed E-state index contributed by atoms with van der Waals surface area (Å²) in [6.45, 7) is 6.25. The molecule has 102 valence electrons. The highest BCUT2D eigenvalue weighted by atomic mass is 35.5. The third-order valence-corrected chi connectivity index (χ3v) is 2.70. The van der Waals surface area contributed by atoms with Crippen LogP contribution in [0, 0.1) is 0 Å². The number of halogens is 1. The molecule has 1 aromatic carbocycles. The van der Waals surface area contributed by atoms with Crippen molar-refractivity contribution in [2.24, 2.45) is 0 Å². The van der Waals surface area contributed by atoms with E-state index in [1.165, 1.54) is 0 Å². The fourth-order valence-corrected chi connectivity index (χ4v) is 1.81. The van der Waals surface area contributed by atoms with E-state index >= 15 is 0 Å². The first-order valence-electron chi connectivity index (χ1n) is 6.45. The molecule has 1 aromatic rings. The monoisotopic (exact) mass is 271 g/mol. The minimum atomic E-state index is 0.637. The number of ether oxygens (including phenoxy) is 2. The van der Waals surface area contributed by atoms with Crippen LogP contribution < -0.4 is 14.8 Å². The van der Waals surface area contributed by atoms with E-state index in [0.717, 1.165) is 30.7 Å². The van der Waals surface area contributed by atoms with Crippen LogP contribution in [0.25, 0.3) is 0 Å². The normalized spacial score (nSPS) is 10.4. The predicted molar refractivity (Wildman–Crippen MR) is 75.8 cm³/mol. The van der Waals surface area contributed by atoms with Crippen molar-refractivity contribution in [2.75, 3.05) is 20.3 Å². The highest BCUT2D eigenvalue weighted by Gasteiger charge is 2.10. The lowest BCUT2D eigenvalue weighted by atomic mass is 10.2. The highest BCUT2D eigenvalue weighted by Crippen LogP contribution is 2.33. The Balaban J connectivity index is 2.93. The molecule has 1 rings (SSSR count). The summed E-state index contributed by atoms with van der Waals surface area (Å²) in [6, 6.07) is 3.80. The average Bonchev–Trinajstić information content (AvgIpc) is 2.37. The molecular weight excluding hydrogens is 250 g/mol. The quantitative estimate of drug-likeness (QED) is 0.783. The maximum atomic E-state index is 6.20. The van der Waals surface area contributed by atoms with Gasteiger partial charge in [-0.3, -0.25) is 0 Å². The Labute approximate surface area is 114 Å². The molecular formula is C14H22ClNO2. The van der Waals surface area contributed by atoms with Gasteiger partial charge in [-0.05, 0) is 26.0 Å². The van der Waals surface area contributed by atoms with Gasteiger partial charge in [-0.15, -0.1) is 0 Å². The Kier molecular flexibility index (Phi) is 6.91. The molecule has 0 unspecified atom stereocenters. The standard InChI is InChI=1S/C14H22ClNO2/c1-4-6-17-13-9-14(18-7-5-2)12(15)8-11(13)10-16-3/h8-9,16H,4-7,10H2,1-3H3. The number of benzene rings is 1. The molecule has 0 aliphatic heterocycles. The highest BCUT2D eigenvalue weighted by molar-refractivity contribution is 6.32. The van der Waals surface area contributed by atoms with Gasteiger partial charge in [-0.1, -0.05) is 25.4 Å². The SMILES string of the molecule is CCCOc1cc(OCCC)c(CNC)cc1Cl. The van der Waals surface area contributed by atoms with Gasteiger partial charge in [0.1, 0.15) is 11.5 Å². The molecule has 0 radical (unpaired) electrons. The van der Waals surface area contributed by atoms with Crippen LogP contribution in [-0.2, 0) is 6.54 Å². The number of rotatable bonds is 8. The Morgan fingerprint density at radius 3 is 2.22 bits per heavy atom. The Morgan fingerprint density at radius 2 is 1.67 bits per heavy atom. The topological polar surface area (TPSA) is 30.5 Å². The summed E-state index contributed by atoms with van der Waals surface area (Å²) in [7, 11) is 1.90. The van der Waals surface area contributed by atoms with Crippen molar-refractivity contribution >= 4 is 11.6 Å². The van der Waals surface area contributed by atoms with E-state index < -0.39 is 0 Å². The summed E-state index contributed by atoms with van der Waals surface area (Å²) >= 11 is 6.20. The minimum absolute atomic E-state index is 0.637. The summed E-state index contributed by atoms with van der Waals surface area (Å²) in [4.78, 5) is 0. The van der Waals surface area contributed by atoms with Crippen molar-refractivity contribution in [3.05, 3.63) is 22.7 Å². The molecule has 4 heteroatoms. The summed E-state index contributed by atoms with van der Waals surface area (Å²) in [6.07, 6.45) is 1.94. The lowest BCUT2D eigenvalue weighted by Gasteiger charge is -2.14. The number of nitrogens with one attached hydrogen (secondary N) is 1. The second kappa shape index (κ2) is 8.22. The number of hydrogen-bond donors (Lipinski definition) is 1. The van der Waals surface area contributed by atoms with Gasteiger partial charge in [0, 0.05) is 18.2 Å². The zero-order chi connectivity index (χ0) is 13.4. The van der Waals surface area contributed by atoms with E-state index in [4.69, 9.17) is 21.1 Å². The maximum Gasteiger partial charge on any atom is 0.141 e. The van der Waals surface area contributed by atoms with Crippen LogP contribution >= 0.6 is 11.6 Å². The lowest BCUT2D eigenvalue weighted by Crippen LogP contribution is -2.08. The fourth-order valence-electron chi connectivity index (χ4n) is 1.57. The Bertz CT molecular complexity index is 369. The largest absolute Gasteiger partial charge is 0.493 e. The first-order chi connectivity index (χ1) is 8.72. The third-order valence-electron chi connectivity index (χ3n) is 2.41. The van der Waals surface area contributed by atoms with Gasteiger partial charge in [0.25, 0.3) is 0 Å². The van der Waals surface area contributed by atoms with Crippen LogP contribution in [-0.4, -0.2) is 20.3 Å². The fraction of sp³-hybridized carbons (Fsp3) is 0.571. The summed E-state index contributed by atoms with van der Waals surface area (Å²) in [5.41, 5.74) is 1.06. The molecule has 0 saturated carbocycles. The molecule has 3 nitrogen and oxygen atoms in total. The third kappa shape index (κ3) is 4.39. The van der Waals surface area contributed by atoms with Gasteiger partial charge in [0.2, 0.25) is 0 Å². The van der Waals surface area contributed by atoms with Crippen LogP contribution in [0.2, 0.25) is 5.02 Å². The Morgan fingerprint density at radius 1 is 1.06 bits per heavy atom. The first kappa shape index (κ1) is 15.1. The molecule has 0 bridgehead atoms. The van der Waals surface area contributed by atoms with Crippen molar-refractivity contribution in [1.82, 2.24) is 5.32 Å². The van der Waals surface area contributed by atoms with Gasteiger partial charge in [0.15, 0.2) is 0 Å². The predicted octanol–water partition coefficient (Wildman–Crippen LogP) is 3.64. The van der Waals surface area contributed by atoms with E-state index in [1.54, 1.807) is 0 Å². The second-order valence-electron chi connectivity index (χ2n) is 4.12. The maximum absolute atomic E-state index is 6.20. The van der Waals surface area contributed by atoms with Crippen molar-refractivity contribution < 1.29 is 9.47 Å². The molecule has 18 heavy (non-hydrogen) atoms. The molecule has 0 saturated heterocycles. The van der Waals surface area contributed by atoms with E-state index in [1.807, 2.05) is 19.2 Å². The molecule has 0 aliphatic rings. The molecule has 0 fully saturated rings. The van der Waals surface area contributed by atoms with Crippen LogP contribution in [0.1, 0.15) is 32.3 Å². The Hall–Kier alpha value is -0.930. The minimum Gasteiger partial charge on any atom is -0.493 e. The van der Waals surface area contributed by atoms with Crippen LogP contribution in [0.3, 0.4) is 0 Å². The zero-order valence-corrected chi connectivity index (χ0v) is 12.1. The van der Waals surface area contributed by atoms with Crippen molar-refractivity contribution in [3.63, 3.8) is 0 Å². The second-order valence-corrected chi connectivity index (χ2v) is 4.52. The van der Waals surface area contributed by atoms with Gasteiger partial charge < -0.3 is 14.8 Å². The molecule has 0 amide bonds. The summed E-state index contributed by atoms with van der Waals surface area (Å²) in [5, 5.41) is 3.75. The zero-order valence-electron chi connectivity index (χ0n) is 11.4. The summed E-state index contributed by atoms with van der Waals surface area (Å²) < 4.78 is 11.3. The van der Waals surface area contributed by atoms with Crippen LogP contribution in [0.15, 0.2) is 12.1 Å². The summed E-state index contributed by atoms with van der Waals surface area (Å²) in [5.74, 6) is 1.55. The smallest absolute Gasteiger partial charge is 0.141 e. The van der Waals surface area contributed by atoms with Crippen molar-refractivity contribution in [3.8, 4) is 11.5 Å². The average molecular weight is 272 g/mol. The van der Waals surface area contributed by atoms with Crippen LogP contribution in [0.5, 0.6) is 11.5 Å². The first-order valence-corrected chi connectivity index (χ1v) is 6.83. The molecule has 0 atom stereocenters.